The molecule has 1 heterocycles. The van der Waals surface area contributed by atoms with E-state index in [0.717, 1.165) is 32.7 Å². The van der Waals surface area contributed by atoms with Gasteiger partial charge in [-0.3, -0.25) is 4.90 Å². The highest BCUT2D eigenvalue weighted by atomic mass is 16.5. The van der Waals surface area contributed by atoms with Crippen molar-refractivity contribution in [3.8, 4) is 0 Å². The van der Waals surface area contributed by atoms with Gasteiger partial charge in [0.05, 0.1) is 12.7 Å². The SMILES string of the molecule is CCC1CN(CC(C)C(C)N)CCO1. The van der Waals surface area contributed by atoms with Crippen molar-refractivity contribution >= 4 is 0 Å². The number of nitrogens with two attached hydrogens (primary N) is 1. The minimum absolute atomic E-state index is 0.290. The maximum Gasteiger partial charge on any atom is 0.0700 e. The predicted molar refractivity (Wildman–Crippen MR) is 59.3 cm³/mol. The van der Waals surface area contributed by atoms with Gasteiger partial charge in [-0.05, 0) is 19.3 Å². The monoisotopic (exact) mass is 200 g/mol. The average Bonchev–Trinajstić information content (AvgIpc) is 2.18. The van der Waals surface area contributed by atoms with Crippen molar-refractivity contribution in [3.63, 3.8) is 0 Å². The Balaban J connectivity index is 2.30. The first kappa shape index (κ1) is 12.0. The molecule has 1 aliphatic rings. The summed E-state index contributed by atoms with van der Waals surface area (Å²) in [5.41, 5.74) is 5.86. The molecule has 1 fully saturated rings. The maximum absolute atomic E-state index is 5.86. The Morgan fingerprint density at radius 3 is 2.79 bits per heavy atom. The second-order valence-corrected chi connectivity index (χ2v) is 4.50. The molecule has 0 aliphatic carbocycles. The van der Waals surface area contributed by atoms with Crippen LogP contribution in [0.15, 0.2) is 0 Å². The number of ether oxygens (including phenoxy) is 1. The first-order valence-corrected chi connectivity index (χ1v) is 5.73. The van der Waals surface area contributed by atoms with Gasteiger partial charge in [-0.2, -0.15) is 0 Å². The molecule has 14 heavy (non-hydrogen) atoms. The number of hydrogen-bond acceptors (Lipinski definition) is 3. The summed E-state index contributed by atoms with van der Waals surface area (Å²) in [6.45, 7) is 10.6. The summed E-state index contributed by atoms with van der Waals surface area (Å²) in [5.74, 6) is 0.575. The highest BCUT2D eigenvalue weighted by Gasteiger charge is 2.21. The van der Waals surface area contributed by atoms with Gasteiger partial charge in [-0.15, -0.1) is 0 Å². The summed E-state index contributed by atoms with van der Waals surface area (Å²) in [6, 6.07) is 0.290. The number of rotatable bonds is 4. The van der Waals surface area contributed by atoms with E-state index in [1.54, 1.807) is 0 Å². The van der Waals surface area contributed by atoms with Gasteiger partial charge in [0.1, 0.15) is 0 Å². The van der Waals surface area contributed by atoms with Gasteiger partial charge in [0.2, 0.25) is 0 Å². The summed E-state index contributed by atoms with van der Waals surface area (Å²) in [6.07, 6.45) is 1.55. The molecule has 84 valence electrons. The van der Waals surface area contributed by atoms with Gasteiger partial charge in [-0.25, -0.2) is 0 Å². The second kappa shape index (κ2) is 5.69. The fourth-order valence-electron chi connectivity index (χ4n) is 1.77. The summed E-state index contributed by atoms with van der Waals surface area (Å²) in [4.78, 5) is 2.48. The van der Waals surface area contributed by atoms with Crippen LogP contribution in [-0.4, -0.2) is 43.3 Å². The van der Waals surface area contributed by atoms with Crippen LogP contribution in [0.3, 0.4) is 0 Å². The van der Waals surface area contributed by atoms with E-state index in [-0.39, 0.29) is 6.04 Å². The van der Waals surface area contributed by atoms with Crippen molar-refractivity contribution in [1.29, 1.82) is 0 Å². The van der Waals surface area contributed by atoms with E-state index in [1.165, 1.54) is 0 Å². The zero-order chi connectivity index (χ0) is 10.6. The van der Waals surface area contributed by atoms with Crippen molar-refractivity contribution in [2.45, 2.75) is 39.3 Å². The van der Waals surface area contributed by atoms with Gasteiger partial charge in [-0.1, -0.05) is 13.8 Å². The van der Waals surface area contributed by atoms with Crippen LogP contribution in [0.25, 0.3) is 0 Å². The lowest BCUT2D eigenvalue weighted by atomic mass is 10.0. The Labute approximate surface area is 87.6 Å². The van der Waals surface area contributed by atoms with E-state index in [1.807, 2.05) is 0 Å². The molecule has 2 N–H and O–H groups in total. The van der Waals surface area contributed by atoms with Crippen LogP contribution in [0, 0.1) is 5.92 Å². The summed E-state index contributed by atoms with van der Waals surface area (Å²) >= 11 is 0. The fraction of sp³-hybridized carbons (Fsp3) is 1.00. The molecular weight excluding hydrogens is 176 g/mol. The Hall–Kier alpha value is -0.120. The van der Waals surface area contributed by atoms with Crippen molar-refractivity contribution in [2.75, 3.05) is 26.2 Å². The molecule has 3 nitrogen and oxygen atoms in total. The van der Waals surface area contributed by atoms with Crippen LogP contribution in [0.2, 0.25) is 0 Å². The summed E-state index contributed by atoms with van der Waals surface area (Å²) in [7, 11) is 0. The standard InChI is InChI=1S/C11H24N2O/c1-4-11-8-13(5-6-14-11)7-9(2)10(3)12/h9-11H,4-8,12H2,1-3H3. The van der Waals surface area contributed by atoms with Gasteiger partial charge in [0.15, 0.2) is 0 Å². The normalized spacial score (nSPS) is 28.7. The van der Waals surface area contributed by atoms with Crippen LogP contribution in [0.5, 0.6) is 0 Å². The highest BCUT2D eigenvalue weighted by molar-refractivity contribution is 4.74. The van der Waals surface area contributed by atoms with E-state index in [9.17, 15) is 0 Å². The Kier molecular flexibility index (Phi) is 4.85. The predicted octanol–water partition coefficient (Wildman–Crippen LogP) is 1.08. The molecule has 3 atom stereocenters. The topological polar surface area (TPSA) is 38.5 Å². The molecule has 3 unspecified atom stereocenters. The van der Waals surface area contributed by atoms with E-state index < -0.39 is 0 Å². The first-order valence-electron chi connectivity index (χ1n) is 5.73. The third-order valence-corrected chi connectivity index (χ3v) is 3.12. The molecule has 0 spiro atoms. The zero-order valence-corrected chi connectivity index (χ0v) is 9.70. The molecule has 0 amide bonds. The summed E-state index contributed by atoms with van der Waals surface area (Å²) in [5, 5.41) is 0. The van der Waals surface area contributed by atoms with Gasteiger partial charge < -0.3 is 10.5 Å². The Morgan fingerprint density at radius 2 is 2.21 bits per heavy atom. The van der Waals surface area contributed by atoms with Crippen LogP contribution < -0.4 is 5.73 Å². The molecule has 3 heteroatoms. The lowest BCUT2D eigenvalue weighted by Crippen LogP contribution is -2.46. The molecule has 1 saturated heterocycles. The maximum atomic E-state index is 5.86. The second-order valence-electron chi connectivity index (χ2n) is 4.50. The highest BCUT2D eigenvalue weighted by Crippen LogP contribution is 2.11. The molecule has 0 aromatic rings. The molecule has 0 radical (unpaired) electrons. The average molecular weight is 200 g/mol. The number of hydrogen-bond donors (Lipinski definition) is 1. The molecular formula is C11H24N2O. The summed E-state index contributed by atoms with van der Waals surface area (Å²) < 4.78 is 5.63. The number of morpholine rings is 1. The van der Waals surface area contributed by atoms with Gasteiger partial charge in [0.25, 0.3) is 0 Å². The van der Waals surface area contributed by atoms with Crippen molar-refractivity contribution < 1.29 is 4.74 Å². The Bertz CT molecular complexity index is 161. The lowest BCUT2D eigenvalue weighted by Gasteiger charge is -2.34. The fourth-order valence-corrected chi connectivity index (χ4v) is 1.77. The van der Waals surface area contributed by atoms with Crippen LogP contribution >= 0.6 is 0 Å². The minimum Gasteiger partial charge on any atom is -0.376 e. The zero-order valence-electron chi connectivity index (χ0n) is 9.70. The minimum atomic E-state index is 0.290. The third-order valence-electron chi connectivity index (χ3n) is 3.12. The Morgan fingerprint density at radius 1 is 1.50 bits per heavy atom. The molecule has 0 saturated carbocycles. The molecule has 1 rings (SSSR count). The molecule has 0 aromatic carbocycles. The van der Waals surface area contributed by atoms with Crippen molar-refractivity contribution in [3.05, 3.63) is 0 Å². The van der Waals surface area contributed by atoms with Crippen molar-refractivity contribution in [1.82, 2.24) is 4.90 Å². The molecule has 0 bridgehead atoms. The smallest absolute Gasteiger partial charge is 0.0700 e. The first-order chi connectivity index (χ1) is 6.63. The number of nitrogens with zero attached hydrogens (tertiary/aromatic N) is 1. The third kappa shape index (κ3) is 3.56. The van der Waals surface area contributed by atoms with Gasteiger partial charge >= 0.3 is 0 Å². The van der Waals surface area contributed by atoms with Gasteiger partial charge in [0, 0.05) is 25.7 Å². The van der Waals surface area contributed by atoms with Crippen LogP contribution in [-0.2, 0) is 4.74 Å². The van der Waals surface area contributed by atoms with E-state index in [2.05, 4.69) is 25.7 Å². The largest absolute Gasteiger partial charge is 0.376 e. The lowest BCUT2D eigenvalue weighted by molar-refractivity contribution is -0.0340. The molecule has 1 aliphatic heterocycles. The molecule has 0 aromatic heterocycles. The van der Waals surface area contributed by atoms with E-state index in [0.29, 0.717) is 12.0 Å². The quantitative estimate of drug-likeness (QED) is 0.738. The van der Waals surface area contributed by atoms with E-state index in [4.69, 9.17) is 10.5 Å². The van der Waals surface area contributed by atoms with E-state index >= 15 is 0 Å². The van der Waals surface area contributed by atoms with Crippen molar-refractivity contribution in [2.24, 2.45) is 11.7 Å². The van der Waals surface area contributed by atoms with Crippen LogP contribution in [0.1, 0.15) is 27.2 Å². The van der Waals surface area contributed by atoms with Crippen LogP contribution in [0.4, 0.5) is 0 Å².